The molecule has 0 aliphatic carbocycles. The van der Waals surface area contributed by atoms with E-state index in [-0.39, 0.29) is 28.5 Å². The Kier molecular flexibility index (Phi) is 4.78. The van der Waals surface area contributed by atoms with E-state index in [9.17, 15) is 15.0 Å². The highest BCUT2D eigenvalue weighted by Gasteiger charge is 2.27. The van der Waals surface area contributed by atoms with E-state index in [0.29, 0.717) is 13.0 Å². The van der Waals surface area contributed by atoms with Crippen molar-refractivity contribution in [2.75, 3.05) is 6.54 Å². The van der Waals surface area contributed by atoms with E-state index in [1.807, 2.05) is 20.8 Å². The summed E-state index contributed by atoms with van der Waals surface area (Å²) in [6.45, 7) is 6.45. The second-order valence-electron chi connectivity index (χ2n) is 5.64. The van der Waals surface area contributed by atoms with Crippen LogP contribution in [0.1, 0.15) is 37.6 Å². The third-order valence-corrected chi connectivity index (χ3v) is 3.05. The number of rotatable bonds is 4. The van der Waals surface area contributed by atoms with Gasteiger partial charge < -0.3 is 21.3 Å². The number of carbonyl (C=O) groups is 1. The van der Waals surface area contributed by atoms with E-state index in [0.717, 1.165) is 0 Å². The van der Waals surface area contributed by atoms with Crippen LogP contribution in [0.25, 0.3) is 0 Å². The van der Waals surface area contributed by atoms with Crippen molar-refractivity contribution in [3.8, 4) is 11.5 Å². The van der Waals surface area contributed by atoms with Crippen LogP contribution in [-0.2, 0) is 0 Å². The third kappa shape index (κ3) is 3.86. The highest BCUT2D eigenvalue weighted by Crippen LogP contribution is 2.28. The Morgan fingerprint density at radius 3 is 2.26 bits per heavy atom. The minimum Gasteiger partial charge on any atom is -0.507 e. The highest BCUT2D eigenvalue weighted by atomic mass is 16.3. The minimum absolute atomic E-state index is 0.103. The van der Waals surface area contributed by atoms with Crippen LogP contribution in [-0.4, -0.2) is 28.7 Å². The number of amides is 1. The van der Waals surface area contributed by atoms with Crippen molar-refractivity contribution in [3.63, 3.8) is 0 Å². The molecule has 1 amide bonds. The van der Waals surface area contributed by atoms with Crippen LogP contribution in [0, 0.1) is 5.41 Å². The zero-order valence-corrected chi connectivity index (χ0v) is 11.6. The summed E-state index contributed by atoms with van der Waals surface area (Å²) >= 11 is 0. The molecule has 0 heterocycles. The van der Waals surface area contributed by atoms with Gasteiger partial charge in [-0.05, 0) is 30.5 Å². The van der Waals surface area contributed by atoms with E-state index < -0.39 is 5.91 Å². The summed E-state index contributed by atoms with van der Waals surface area (Å²) < 4.78 is 0. The summed E-state index contributed by atoms with van der Waals surface area (Å²) in [5.41, 5.74) is 5.29. The topological polar surface area (TPSA) is 95.6 Å². The van der Waals surface area contributed by atoms with Crippen molar-refractivity contribution < 1.29 is 15.0 Å². The molecule has 0 fully saturated rings. The van der Waals surface area contributed by atoms with E-state index in [1.165, 1.54) is 18.2 Å². The molecule has 0 spiro atoms. The molecular formula is C14H22N2O3. The van der Waals surface area contributed by atoms with Gasteiger partial charge in [0.05, 0.1) is 0 Å². The first-order valence-electron chi connectivity index (χ1n) is 6.29. The van der Waals surface area contributed by atoms with Gasteiger partial charge in [-0.2, -0.15) is 0 Å². The molecule has 5 nitrogen and oxygen atoms in total. The fraction of sp³-hybridized carbons (Fsp3) is 0.500. The van der Waals surface area contributed by atoms with Crippen molar-refractivity contribution in [1.29, 1.82) is 0 Å². The fourth-order valence-corrected chi connectivity index (χ4v) is 1.88. The molecule has 0 saturated heterocycles. The standard InChI is InChI=1S/C14H22N2O3/c1-14(2,3)11(7-8-15)16-13(19)12-9(17)5-4-6-10(12)18/h4-6,11,17-18H,7-8,15H2,1-3H3,(H,16,19). The van der Waals surface area contributed by atoms with Crippen molar-refractivity contribution in [2.45, 2.75) is 33.2 Å². The van der Waals surface area contributed by atoms with Crippen molar-refractivity contribution in [2.24, 2.45) is 11.1 Å². The molecule has 1 aromatic carbocycles. The smallest absolute Gasteiger partial charge is 0.259 e. The Balaban J connectivity index is 2.95. The number of nitrogens with two attached hydrogens (primary N) is 1. The van der Waals surface area contributed by atoms with Crippen LogP contribution in [0.2, 0.25) is 0 Å². The SMILES string of the molecule is CC(C)(C)C(CCN)NC(=O)c1c(O)cccc1O. The summed E-state index contributed by atoms with van der Waals surface area (Å²) in [5, 5.41) is 22.1. The van der Waals surface area contributed by atoms with Gasteiger partial charge in [0.2, 0.25) is 0 Å². The Bertz CT molecular complexity index is 432. The van der Waals surface area contributed by atoms with Gasteiger partial charge in [-0.15, -0.1) is 0 Å². The molecule has 1 rings (SSSR count). The molecule has 0 bridgehead atoms. The minimum atomic E-state index is -0.496. The summed E-state index contributed by atoms with van der Waals surface area (Å²) in [5.74, 6) is -0.972. The molecule has 106 valence electrons. The van der Waals surface area contributed by atoms with Gasteiger partial charge >= 0.3 is 0 Å². The molecule has 0 aliphatic rings. The van der Waals surface area contributed by atoms with Crippen LogP contribution in [0.4, 0.5) is 0 Å². The Morgan fingerprint density at radius 2 is 1.84 bits per heavy atom. The van der Waals surface area contributed by atoms with E-state index >= 15 is 0 Å². The van der Waals surface area contributed by atoms with Crippen molar-refractivity contribution in [3.05, 3.63) is 23.8 Å². The number of nitrogens with one attached hydrogen (secondary N) is 1. The number of phenolic OH excluding ortho intramolecular Hbond substituents is 2. The number of benzene rings is 1. The lowest BCUT2D eigenvalue weighted by Crippen LogP contribution is -2.44. The summed E-state index contributed by atoms with van der Waals surface area (Å²) in [4.78, 5) is 12.1. The van der Waals surface area contributed by atoms with Crippen LogP contribution in [0.3, 0.4) is 0 Å². The quantitative estimate of drug-likeness (QED) is 0.665. The number of hydrogen-bond acceptors (Lipinski definition) is 4. The number of carbonyl (C=O) groups excluding carboxylic acids is 1. The lowest BCUT2D eigenvalue weighted by atomic mass is 9.84. The molecule has 5 heteroatoms. The van der Waals surface area contributed by atoms with Gasteiger partial charge in [0.1, 0.15) is 17.1 Å². The first kappa shape index (κ1) is 15.3. The fourth-order valence-electron chi connectivity index (χ4n) is 1.88. The summed E-state index contributed by atoms with van der Waals surface area (Å²) in [6, 6.07) is 4.07. The average Bonchev–Trinajstić information content (AvgIpc) is 2.27. The normalized spacial score (nSPS) is 13.1. The number of hydrogen-bond donors (Lipinski definition) is 4. The van der Waals surface area contributed by atoms with Crippen LogP contribution in [0.5, 0.6) is 11.5 Å². The second kappa shape index (κ2) is 5.93. The van der Waals surface area contributed by atoms with Crippen LogP contribution >= 0.6 is 0 Å². The van der Waals surface area contributed by atoms with E-state index in [1.54, 1.807) is 0 Å². The maximum Gasteiger partial charge on any atom is 0.259 e. The molecule has 5 N–H and O–H groups in total. The molecule has 19 heavy (non-hydrogen) atoms. The molecular weight excluding hydrogens is 244 g/mol. The lowest BCUT2D eigenvalue weighted by molar-refractivity contribution is 0.0893. The molecule has 1 unspecified atom stereocenters. The Hall–Kier alpha value is -1.75. The van der Waals surface area contributed by atoms with Gasteiger partial charge in [-0.3, -0.25) is 4.79 Å². The predicted octanol–water partition coefficient (Wildman–Crippen LogP) is 1.59. The lowest BCUT2D eigenvalue weighted by Gasteiger charge is -2.31. The van der Waals surface area contributed by atoms with Crippen LogP contribution < -0.4 is 11.1 Å². The largest absolute Gasteiger partial charge is 0.507 e. The van der Waals surface area contributed by atoms with Gasteiger partial charge in [-0.25, -0.2) is 0 Å². The number of aromatic hydroxyl groups is 2. The van der Waals surface area contributed by atoms with Gasteiger partial charge in [0, 0.05) is 6.04 Å². The zero-order chi connectivity index (χ0) is 14.6. The maximum absolute atomic E-state index is 12.1. The van der Waals surface area contributed by atoms with Crippen LogP contribution in [0.15, 0.2) is 18.2 Å². The predicted molar refractivity (Wildman–Crippen MR) is 74.2 cm³/mol. The van der Waals surface area contributed by atoms with E-state index in [2.05, 4.69) is 5.32 Å². The third-order valence-electron chi connectivity index (χ3n) is 3.05. The monoisotopic (exact) mass is 266 g/mol. The average molecular weight is 266 g/mol. The molecule has 1 aromatic rings. The van der Waals surface area contributed by atoms with E-state index in [4.69, 9.17) is 5.73 Å². The van der Waals surface area contributed by atoms with Gasteiger partial charge in [0.15, 0.2) is 0 Å². The molecule has 0 saturated carbocycles. The number of phenols is 2. The maximum atomic E-state index is 12.1. The van der Waals surface area contributed by atoms with Gasteiger partial charge in [0.25, 0.3) is 5.91 Å². The zero-order valence-electron chi connectivity index (χ0n) is 11.6. The van der Waals surface area contributed by atoms with Crippen molar-refractivity contribution in [1.82, 2.24) is 5.32 Å². The van der Waals surface area contributed by atoms with Gasteiger partial charge in [-0.1, -0.05) is 26.8 Å². The molecule has 0 aliphatic heterocycles. The second-order valence-corrected chi connectivity index (χ2v) is 5.64. The Morgan fingerprint density at radius 1 is 1.32 bits per heavy atom. The van der Waals surface area contributed by atoms with Crippen molar-refractivity contribution >= 4 is 5.91 Å². The molecule has 1 atom stereocenters. The summed E-state index contributed by atoms with van der Waals surface area (Å²) in [7, 11) is 0. The first-order chi connectivity index (χ1) is 8.77. The highest BCUT2D eigenvalue weighted by molar-refractivity contribution is 5.99. The molecule has 0 aromatic heterocycles. The molecule has 0 radical (unpaired) electrons. The first-order valence-corrected chi connectivity index (χ1v) is 6.29. The Labute approximate surface area is 113 Å². The summed E-state index contributed by atoms with van der Waals surface area (Å²) in [6.07, 6.45) is 0.629.